The first-order valence-corrected chi connectivity index (χ1v) is 42.2. The second-order valence-electron chi connectivity index (χ2n) is 26.9. The van der Waals surface area contributed by atoms with Gasteiger partial charge < -0.3 is 81.8 Å². The number of aromatic hydroxyl groups is 5. The Hall–Kier alpha value is -9.52. The van der Waals surface area contributed by atoms with Gasteiger partial charge in [-0.2, -0.15) is 14.6 Å². The van der Waals surface area contributed by atoms with Crippen molar-refractivity contribution in [2.24, 2.45) is 61.4 Å². The predicted molar refractivity (Wildman–Crippen MR) is 456 cm³/mol. The monoisotopic (exact) mass is 1920 g/mol. The molecule has 0 saturated heterocycles. The predicted octanol–water partition coefficient (Wildman–Crippen LogP) is -0.284. The first-order valence-electron chi connectivity index (χ1n) is 35.9. The van der Waals surface area contributed by atoms with Crippen LogP contribution in [-0.4, -0.2) is 83.4 Å². The standard InChI is InChI=1S/C30H21N5O11S3.C27H19N5O7S.C26H20N6O4S.6Na/c31-16-4-6-18-15(12-16)13-27(49(42,43)44)28(30(18)37)35-34-25-10-9-24(20-7-5-17(14-22(20)25)47-46-45-38)33-32-23-3-1-2-21-19(23)8-11-26(29(21)36)48(39,40)41;28-15-6-5-14-11-24(40(37,38)39)25(26(34)19(14)12-15)32-31-22-9-8-21(17-3-1-2-4-18(17)22)30-29-16-7-10-23(33)20(13-16)27(35)36;27-16-7-9-18(10-8-16)29-30-22-11-12-23(20-4-2-1-3-19(20)22)31-32-25-24(37(34,35)36)13-15-5-6-17(28)14-21(15)26(25)33;;;;;;/h1-14,36-38H,31H2,(H,39,40,41)(H,42,43,44);1-13,33-34H,28H2,(H,35,36)(H,37,38,39);1-14,33H,27-28H2,(H,34,35,36);;;;;;/q;;;6*+1/p-6. The van der Waals surface area contributed by atoms with E-state index in [1.807, 2.05) is 12.1 Å². The fraction of sp³-hybridized carbons (Fsp3) is 0. The van der Waals surface area contributed by atoms with E-state index in [2.05, 4.69) is 70.7 Å². The molecule has 0 aliphatic carbocycles. The number of nitrogens with zero attached hydrogens (tertiary/aromatic N) is 12. The Kier molecular flexibility index (Phi) is 37.3. The number of phenolic OH excluding ortho intramolecular Hbond substituents is 4. The van der Waals surface area contributed by atoms with E-state index in [1.54, 1.807) is 97.1 Å². The Bertz CT molecular complexity index is 7930. The molecule has 0 saturated carbocycles. The molecule has 0 radical (unpaired) electrons. The molecular weight excluding hydrogens is 1870 g/mol. The summed E-state index contributed by atoms with van der Waals surface area (Å²) in [6.07, 6.45) is 0. The van der Waals surface area contributed by atoms with E-state index in [9.17, 15) is 92.6 Å². The van der Waals surface area contributed by atoms with Crippen LogP contribution in [0.2, 0.25) is 0 Å². The molecule has 38 nitrogen and oxygen atoms in total. The summed E-state index contributed by atoms with van der Waals surface area (Å²) < 4.78 is 147. The van der Waals surface area contributed by atoms with Crippen LogP contribution < -0.4 is 211 Å². The van der Waals surface area contributed by atoms with Crippen LogP contribution in [0.4, 0.5) is 91.0 Å². The molecule has 13 N–H and O–H groups in total. The summed E-state index contributed by atoms with van der Waals surface area (Å²) in [5, 5.41) is 132. The number of aromatic carboxylic acids is 1. The van der Waals surface area contributed by atoms with Gasteiger partial charge in [-0.25, -0.2) is 33.7 Å². The number of carbonyl (C=O) groups excluding carboxylic acids is 1. The molecule has 0 unspecified atom stereocenters. The van der Waals surface area contributed by atoms with Crippen molar-refractivity contribution in [3.05, 3.63) is 254 Å². The number of fused-ring (bicyclic) bond motifs is 7. The van der Waals surface area contributed by atoms with E-state index in [0.29, 0.717) is 99.8 Å². The Morgan fingerprint density at radius 2 is 0.636 bits per heavy atom. The van der Waals surface area contributed by atoms with Crippen molar-refractivity contribution in [1.29, 1.82) is 0 Å². The molecule has 0 amide bonds. The molecule has 0 aromatic heterocycles. The van der Waals surface area contributed by atoms with E-state index in [-0.39, 0.29) is 244 Å². The van der Waals surface area contributed by atoms with Crippen molar-refractivity contribution in [2.75, 3.05) is 22.9 Å². The number of anilines is 4. The van der Waals surface area contributed by atoms with E-state index < -0.39 is 117 Å². The first kappa shape index (κ1) is 108. The van der Waals surface area contributed by atoms with Crippen molar-refractivity contribution in [2.45, 2.75) is 24.5 Å². The average molecular weight is 1930 g/mol. The van der Waals surface area contributed by atoms with Crippen molar-refractivity contribution in [3.63, 3.8) is 0 Å². The van der Waals surface area contributed by atoms with Crippen LogP contribution in [-0.2, 0) is 49.8 Å². The zero-order valence-corrected chi connectivity index (χ0v) is 85.6. The Balaban J connectivity index is 0.000000241. The number of phenols is 5. The van der Waals surface area contributed by atoms with Gasteiger partial charge in [0.05, 0.1) is 88.8 Å². The van der Waals surface area contributed by atoms with Gasteiger partial charge in [0.25, 0.3) is 0 Å². The third-order valence-corrected chi connectivity index (χ3v) is 22.8. The minimum absolute atomic E-state index is 0. The van der Waals surface area contributed by atoms with Gasteiger partial charge in [0.2, 0.25) is 0 Å². The van der Waals surface area contributed by atoms with Gasteiger partial charge in [0.1, 0.15) is 69.0 Å². The van der Waals surface area contributed by atoms with Gasteiger partial charge in [-0.05, 0) is 180 Å². The summed E-state index contributed by atoms with van der Waals surface area (Å²) in [4.78, 5) is 8.47. The van der Waals surface area contributed by atoms with Crippen LogP contribution in [0.25, 0.3) is 75.4 Å². The molecular formula is C83H54N16Na6O22S5. The number of hydrogen-bond acceptors (Lipinski definition) is 39. The molecule has 16 aromatic rings. The van der Waals surface area contributed by atoms with E-state index >= 15 is 0 Å². The van der Waals surface area contributed by atoms with Crippen LogP contribution in [0.3, 0.4) is 0 Å². The first-order chi connectivity index (χ1) is 60.0. The number of benzene rings is 16. The number of carboxylic acids is 1. The van der Waals surface area contributed by atoms with Gasteiger partial charge in [0.15, 0.2) is 17.2 Å². The average Bonchev–Trinajstić information content (AvgIpc) is 0.742. The van der Waals surface area contributed by atoms with Crippen LogP contribution in [0, 0.1) is 0 Å². The summed E-state index contributed by atoms with van der Waals surface area (Å²) >= 11 is 0.570. The van der Waals surface area contributed by atoms with E-state index in [0.717, 1.165) is 36.4 Å². The van der Waals surface area contributed by atoms with Crippen molar-refractivity contribution < 1.29 is 279 Å². The van der Waals surface area contributed by atoms with Gasteiger partial charge in [-0.1, -0.05) is 84.9 Å². The molecule has 132 heavy (non-hydrogen) atoms. The number of nitrogen functional groups attached to an aromatic ring is 4. The van der Waals surface area contributed by atoms with Gasteiger partial charge in [-0.15, -0.1) is 51.1 Å². The van der Waals surface area contributed by atoms with Crippen LogP contribution in [0.5, 0.6) is 28.7 Å². The molecule has 0 bridgehead atoms. The number of carbonyl (C=O) groups is 1. The van der Waals surface area contributed by atoms with Gasteiger partial charge in [-0.3, -0.25) is 5.04 Å². The molecule has 16 rings (SSSR count). The van der Waals surface area contributed by atoms with Crippen molar-refractivity contribution in [1.82, 2.24) is 0 Å². The zero-order valence-electron chi connectivity index (χ0n) is 69.6. The largest absolute Gasteiger partial charge is 1.00 e. The second-order valence-corrected chi connectivity index (χ2v) is 33.0. The SMILES string of the molecule is Nc1ccc(N=Nc2ccc(N=Nc3c(S(=O)(=O)[O-])cc4ccc(N)cc4c3O)c3ccccc23)cc1.Nc1ccc2c(O)c(N=Nc3ccc(N=Nc4cccc5c(O)c(S(=O)(=O)[O-])ccc45)c4ccc(SOO[O-])cc34)c(S(=O)(=O)[O-])cc2c1.Nc1ccc2cc(S(=O)(=O)[O-])c(N=Nc3ccc(N=Nc4ccc(O)c(C(=O)[O-])c4)c4ccccc34)c(O)c2c1.[Na+].[Na+].[Na+].[Na+].[Na+].[Na+]. The fourth-order valence-electron chi connectivity index (χ4n) is 12.9. The topological polar surface area (TPSA) is 664 Å². The maximum absolute atomic E-state index is 12.2. The van der Waals surface area contributed by atoms with E-state index in [4.69, 9.17) is 22.9 Å². The van der Waals surface area contributed by atoms with Crippen LogP contribution in [0.15, 0.2) is 335 Å². The molecule has 0 atom stereocenters. The maximum atomic E-state index is 12.2. The molecule has 0 fully saturated rings. The van der Waals surface area contributed by atoms with Crippen LogP contribution in [0.1, 0.15) is 10.4 Å². The molecule has 0 spiro atoms. The summed E-state index contributed by atoms with van der Waals surface area (Å²) in [5.41, 5.74) is 25.5. The maximum Gasteiger partial charge on any atom is 1.00 e. The minimum Gasteiger partial charge on any atom is -0.744 e. The Morgan fingerprint density at radius 1 is 0.295 bits per heavy atom. The smallest absolute Gasteiger partial charge is 0.744 e. The molecule has 0 aliphatic rings. The van der Waals surface area contributed by atoms with Crippen LogP contribution >= 0.6 is 12.0 Å². The number of nitrogens with two attached hydrogens (primary N) is 4. The number of azo groups is 6. The number of hydrogen-bond donors (Lipinski definition) is 9. The quantitative estimate of drug-likeness (QED) is 0.00901. The molecule has 49 heteroatoms. The Labute approximate surface area is 884 Å². The van der Waals surface area contributed by atoms with E-state index in [1.165, 1.54) is 103 Å². The molecule has 16 aromatic carbocycles. The fourth-order valence-corrected chi connectivity index (χ4v) is 15.8. The van der Waals surface area contributed by atoms with Gasteiger partial charge >= 0.3 is 177 Å². The Morgan fingerprint density at radius 3 is 1.08 bits per heavy atom. The minimum atomic E-state index is -5.15. The molecule has 0 aliphatic heterocycles. The summed E-state index contributed by atoms with van der Waals surface area (Å²) in [6, 6.07) is 61.8. The van der Waals surface area contributed by atoms with Gasteiger partial charge in [0, 0.05) is 92.5 Å². The zero-order chi connectivity index (χ0) is 89.8. The molecule has 634 valence electrons. The van der Waals surface area contributed by atoms with Crippen molar-refractivity contribution in [3.8, 4) is 28.7 Å². The number of carboxylic acid groups (broad SMARTS) is 1. The summed E-state index contributed by atoms with van der Waals surface area (Å²) in [7, 11) is -20.1. The summed E-state index contributed by atoms with van der Waals surface area (Å²) in [5.74, 6) is -4.46. The second kappa shape index (κ2) is 45.7. The summed E-state index contributed by atoms with van der Waals surface area (Å²) in [6.45, 7) is 0. The third kappa shape index (κ3) is 24.8. The molecule has 0 heterocycles. The number of rotatable bonds is 20. The normalized spacial score (nSPS) is 11.8. The van der Waals surface area contributed by atoms with Crippen molar-refractivity contribution >= 4 is 225 Å². The third-order valence-electron chi connectivity index (χ3n) is 18.8.